The fourth-order valence-corrected chi connectivity index (χ4v) is 6.49. The first kappa shape index (κ1) is 36.2. The number of aryl methyl sites for hydroxylation is 1. The van der Waals surface area contributed by atoms with Crippen LogP contribution in [0.25, 0.3) is 38.8 Å². The SMILES string of the molecule is COc1ccc(-c2ccc3ncc4c(c3c2)n(-c2ccc(N3CCN(c5ncc(CNC(=O)OC(C)(C)C)cn5)CC3)c(C(F)(F)F)c2)c(=O)n4C)cn1. The zero-order valence-corrected chi connectivity index (χ0v) is 30.3. The average molecular weight is 742 g/mol. The number of nitrogens with zero attached hydrogens (tertiary/aromatic N) is 8. The van der Waals surface area contributed by atoms with Crippen molar-refractivity contribution >= 4 is 39.7 Å². The van der Waals surface area contributed by atoms with Gasteiger partial charge in [0.2, 0.25) is 11.8 Å². The molecule has 13 nitrogen and oxygen atoms in total. The standard InChI is InChI=1S/C38H38F3N9O4/c1-37(2,3)54-35(51)46-20-23-18-44-34(45-19-23)49-14-12-48(13-15-49)30-10-8-26(17-28(30)38(39,40)41)50-33-27-16-24(25-7-11-32(53-5)43-21-25)6-9-29(27)42-22-31(33)47(4)36(50)52/h6-11,16-19,21-22H,12-15,20H2,1-5H3,(H,46,51). The number of nitrogens with one attached hydrogen (secondary N) is 1. The number of amides is 1. The highest BCUT2D eigenvalue weighted by atomic mass is 19.4. The summed E-state index contributed by atoms with van der Waals surface area (Å²) in [7, 11) is 3.10. The van der Waals surface area contributed by atoms with Gasteiger partial charge in [-0.2, -0.15) is 13.2 Å². The Kier molecular flexibility index (Phi) is 9.37. The second kappa shape index (κ2) is 14.0. The molecule has 1 amide bonds. The third-order valence-electron chi connectivity index (χ3n) is 9.14. The Balaban J connectivity index is 1.15. The molecule has 5 heterocycles. The molecule has 0 spiro atoms. The van der Waals surface area contributed by atoms with E-state index in [1.165, 1.54) is 22.3 Å². The van der Waals surface area contributed by atoms with Gasteiger partial charge < -0.3 is 24.6 Å². The van der Waals surface area contributed by atoms with Crippen molar-refractivity contribution < 1.29 is 27.4 Å². The minimum atomic E-state index is -4.71. The molecule has 1 aliphatic rings. The number of anilines is 2. The largest absolute Gasteiger partial charge is 0.481 e. The summed E-state index contributed by atoms with van der Waals surface area (Å²) in [5, 5.41) is 3.26. The number of piperazine rings is 1. The molecule has 0 saturated carbocycles. The summed E-state index contributed by atoms with van der Waals surface area (Å²) in [5.41, 5.74) is 1.87. The van der Waals surface area contributed by atoms with E-state index in [0.29, 0.717) is 52.4 Å². The first-order valence-corrected chi connectivity index (χ1v) is 17.2. The molecule has 1 saturated heterocycles. The Labute approximate surface area is 308 Å². The van der Waals surface area contributed by atoms with Crippen LogP contribution in [0.3, 0.4) is 0 Å². The number of alkyl halides is 3. The van der Waals surface area contributed by atoms with Gasteiger partial charge in [0, 0.05) is 86.6 Å². The van der Waals surface area contributed by atoms with E-state index in [1.807, 2.05) is 29.2 Å². The lowest BCUT2D eigenvalue weighted by atomic mass is 10.0. The van der Waals surface area contributed by atoms with Gasteiger partial charge in [-0.05, 0) is 62.7 Å². The molecule has 16 heteroatoms. The van der Waals surface area contributed by atoms with Crippen molar-refractivity contribution in [1.29, 1.82) is 0 Å². The molecular formula is C38H38F3N9O4. The van der Waals surface area contributed by atoms with Crippen LogP contribution in [0, 0.1) is 0 Å². The van der Waals surface area contributed by atoms with Crippen molar-refractivity contribution in [2.45, 2.75) is 39.1 Å². The number of fused-ring (bicyclic) bond motifs is 3. The second-order valence-electron chi connectivity index (χ2n) is 13.9. The van der Waals surface area contributed by atoms with Crippen LogP contribution < -0.4 is 25.5 Å². The molecule has 7 rings (SSSR count). The van der Waals surface area contributed by atoms with Crippen LogP contribution in [0.5, 0.6) is 5.88 Å². The van der Waals surface area contributed by atoms with E-state index in [0.717, 1.165) is 17.2 Å². The molecule has 0 aliphatic carbocycles. The van der Waals surface area contributed by atoms with Crippen LogP contribution in [0.1, 0.15) is 31.9 Å². The van der Waals surface area contributed by atoms with E-state index in [-0.39, 0.29) is 31.0 Å². The quantitative estimate of drug-likeness (QED) is 0.205. The van der Waals surface area contributed by atoms with E-state index in [4.69, 9.17) is 9.47 Å². The normalized spacial score (nSPS) is 13.8. The number of carbonyl (C=O) groups is 1. The van der Waals surface area contributed by atoms with Gasteiger partial charge in [-0.25, -0.2) is 24.5 Å². The van der Waals surface area contributed by atoms with Crippen LogP contribution >= 0.6 is 0 Å². The van der Waals surface area contributed by atoms with E-state index >= 15 is 0 Å². The van der Waals surface area contributed by atoms with Crippen LogP contribution in [0.4, 0.5) is 29.6 Å². The van der Waals surface area contributed by atoms with Crippen LogP contribution in [0.15, 0.2) is 78.1 Å². The summed E-state index contributed by atoms with van der Waals surface area (Å²) in [5.74, 6) is 0.892. The van der Waals surface area contributed by atoms with Crippen molar-refractivity contribution in [3.8, 4) is 22.7 Å². The molecule has 280 valence electrons. The molecule has 0 bridgehead atoms. The Morgan fingerprint density at radius 1 is 0.852 bits per heavy atom. The Morgan fingerprint density at radius 2 is 1.56 bits per heavy atom. The first-order valence-electron chi connectivity index (χ1n) is 17.2. The third-order valence-corrected chi connectivity index (χ3v) is 9.14. The highest BCUT2D eigenvalue weighted by Gasteiger charge is 2.36. The molecule has 0 radical (unpaired) electrons. The summed E-state index contributed by atoms with van der Waals surface area (Å²) in [6.07, 6.45) is 1.15. The van der Waals surface area contributed by atoms with Crippen LogP contribution in [0.2, 0.25) is 0 Å². The molecule has 1 fully saturated rings. The molecule has 54 heavy (non-hydrogen) atoms. The zero-order valence-electron chi connectivity index (χ0n) is 30.3. The number of hydrogen-bond donors (Lipinski definition) is 1. The highest BCUT2D eigenvalue weighted by Crippen LogP contribution is 2.39. The third kappa shape index (κ3) is 7.23. The number of aromatic nitrogens is 6. The van der Waals surface area contributed by atoms with Crippen molar-refractivity contribution in [1.82, 2.24) is 34.4 Å². The Morgan fingerprint density at radius 3 is 2.20 bits per heavy atom. The number of methoxy groups -OCH3 is 1. The number of carbonyl (C=O) groups excluding carboxylic acids is 1. The van der Waals surface area contributed by atoms with E-state index in [9.17, 15) is 22.8 Å². The fourth-order valence-electron chi connectivity index (χ4n) is 6.49. The number of imidazole rings is 1. The van der Waals surface area contributed by atoms with Crippen molar-refractivity contribution in [3.63, 3.8) is 0 Å². The average Bonchev–Trinajstić information content (AvgIpc) is 3.42. The first-order chi connectivity index (χ1) is 25.7. The molecule has 0 atom stereocenters. The number of benzene rings is 2. The zero-order chi connectivity index (χ0) is 38.4. The van der Waals surface area contributed by atoms with Crippen molar-refractivity contribution in [2.75, 3.05) is 43.1 Å². The molecule has 1 N–H and O–H groups in total. The molecule has 2 aromatic carbocycles. The number of halogens is 3. The van der Waals surface area contributed by atoms with Crippen LogP contribution in [-0.4, -0.2) is 74.1 Å². The monoisotopic (exact) mass is 741 g/mol. The van der Waals surface area contributed by atoms with E-state index in [1.54, 1.807) is 69.6 Å². The number of alkyl carbamates (subject to hydrolysis) is 1. The number of ether oxygens (including phenoxy) is 2. The van der Waals surface area contributed by atoms with Gasteiger partial charge >= 0.3 is 18.0 Å². The summed E-state index contributed by atoms with van der Waals surface area (Å²) < 4.78 is 57.6. The Bertz CT molecular complexity index is 2400. The predicted octanol–water partition coefficient (Wildman–Crippen LogP) is 6.11. The summed E-state index contributed by atoms with van der Waals surface area (Å²) in [6.45, 7) is 6.81. The van der Waals surface area contributed by atoms with E-state index in [2.05, 4.69) is 25.3 Å². The fraction of sp³-hybridized carbons (Fsp3) is 0.316. The smallest absolute Gasteiger partial charge is 0.418 e. The van der Waals surface area contributed by atoms with Crippen LogP contribution in [-0.2, 0) is 24.5 Å². The molecule has 6 aromatic rings. The minimum Gasteiger partial charge on any atom is -0.481 e. The van der Waals surface area contributed by atoms with Gasteiger partial charge in [0.05, 0.1) is 41.1 Å². The second-order valence-corrected chi connectivity index (χ2v) is 13.9. The van der Waals surface area contributed by atoms with Gasteiger partial charge in [0.1, 0.15) is 5.60 Å². The lowest BCUT2D eigenvalue weighted by Gasteiger charge is -2.37. The van der Waals surface area contributed by atoms with Crippen molar-refractivity contribution in [3.05, 3.63) is 94.9 Å². The van der Waals surface area contributed by atoms with E-state index < -0.39 is 29.1 Å². The lowest BCUT2D eigenvalue weighted by Crippen LogP contribution is -2.47. The van der Waals surface area contributed by atoms with Gasteiger partial charge in [0.25, 0.3) is 0 Å². The molecule has 4 aromatic heterocycles. The summed E-state index contributed by atoms with van der Waals surface area (Å²) >= 11 is 0. The number of pyridine rings is 2. The van der Waals surface area contributed by atoms with Gasteiger partial charge in [-0.1, -0.05) is 6.07 Å². The Hall–Kier alpha value is -6.19. The molecule has 1 aliphatic heterocycles. The molecular weight excluding hydrogens is 703 g/mol. The molecule has 0 unspecified atom stereocenters. The summed E-state index contributed by atoms with van der Waals surface area (Å²) in [4.78, 5) is 47.0. The van der Waals surface area contributed by atoms with Gasteiger partial charge in [-0.3, -0.25) is 14.1 Å². The van der Waals surface area contributed by atoms with Gasteiger partial charge in [-0.15, -0.1) is 0 Å². The van der Waals surface area contributed by atoms with Gasteiger partial charge in [0.15, 0.2) is 0 Å². The maximum Gasteiger partial charge on any atom is 0.418 e. The lowest BCUT2D eigenvalue weighted by molar-refractivity contribution is -0.137. The number of rotatable bonds is 7. The summed E-state index contributed by atoms with van der Waals surface area (Å²) in [6, 6.07) is 13.2. The number of hydrogen-bond acceptors (Lipinski definition) is 10. The minimum absolute atomic E-state index is 0.0180. The topological polar surface area (TPSA) is 133 Å². The van der Waals surface area contributed by atoms with Crippen molar-refractivity contribution in [2.24, 2.45) is 7.05 Å². The maximum absolute atomic E-state index is 14.8. The highest BCUT2D eigenvalue weighted by molar-refractivity contribution is 6.04. The predicted molar refractivity (Wildman–Crippen MR) is 198 cm³/mol. The maximum atomic E-state index is 14.8.